The summed E-state index contributed by atoms with van der Waals surface area (Å²) in [6, 6.07) is 9.46. The number of halogens is 1. The number of nitrogens with zero attached hydrogens (tertiary/aromatic N) is 1. The molecule has 26 heavy (non-hydrogen) atoms. The van der Waals surface area contributed by atoms with Crippen LogP contribution in [0.15, 0.2) is 47.4 Å². The Morgan fingerprint density at radius 2 is 1.77 bits per heavy atom. The van der Waals surface area contributed by atoms with Crippen molar-refractivity contribution in [3.8, 4) is 11.5 Å². The molecular weight excluding hydrogens is 361 g/mol. The van der Waals surface area contributed by atoms with Gasteiger partial charge in [-0.25, -0.2) is 17.6 Å². The van der Waals surface area contributed by atoms with Crippen LogP contribution in [-0.4, -0.2) is 38.9 Å². The van der Waals surface area contributed by atoms with Crippen molar-refractivity contribution in [2.45, 2.75) is 17.7 Å². The molecule has 1 fully saturated rings. The summed E-state index contributed by atoms with van der Waals surface area (Å²) in [7, 11) is -2.44. The van der Waals surface area contributed by atoms with Crippen LogP contribution >= 0.6 is 0 Å². The Morgan fingerprint density at radius 1 is 1.08 bits per heavy atom. The summed E-state index contributed by atoms with van der Waals surface area (Å²) in [5.41, 5.74) is -0.00757. The lowest BCUT2D eigenvalue weighted by atomic mass is 10.2. The third-order valence-electron chi connectivity index (χ3n) is 4.12. The molecule has 1 saturated heterocycles. The van der Waals surface area contributed by atoms with E-state index < -0.39 is 21.8 Å². The lowest BCUT2D eigenvalue weighted by Crippen LogP contribution is -2.28. The molecule has 138 valence electrons. The Kier molecular flexibility index (Phi) is 5.24. The van der Waals surface area contributed by atoms with E-state index in [1.807, 2.05) is 0 Å². The van der Waals surface area contributed by atoms with Gasteiger partial charge in [0.25, 0.3) is 0 Å². The van der Waals surface area contributed by atoms with Gasteiger partial charge in [0.15, 0.2) is 11.6 Å². The number of rotatable bonds is 5. The molecule has 0 N–H and O–H groups in total. The second-order valence-corrected chi connectivity index (χ2v) is 7.70. The van der Waals surface area contributed by atoms with Gasteiger partial charge in [-0.05, 0) is 43.2 Å². The highest BCUT2D eigenvalue weighted by molar-refractivity contribution is 7.89. The number of hydrogen-bond donors (Lipinski definition) is 0. The molecule has 1 aliphatic rings. The van der Waals surface area contributed by atoms with Crippen LogP contribution in [0.25, 0.3) is 0 Å². The second-order valence-electron chi connectivity index (χ2n) is 5.80. The molecule has 0 aromatic heterocycles. The van der Waals surface area contributed by atoms with E-state index in [1.54, 1.807) is 0 Å². The first-order valence-corrected chi connectivity index (χ1v) is 9.52. The zero-order chi connectivity index (χ0) is 18.7. The first kappa shape index (κ1) is 18.3. The predicted octanol–water partition coefficient (Wildman–Crippen LogP) is 2.84. The molecule has 0 bridgehead atoms. The van der Waals surface area contributed by atoms with Crippen molar-refractivity contribution in [3.63, 3.8) is 0 Å². The number of carbonyl (C=O) groups is 1. The average Bonchev–Trinajstić information content (AvgIpc) is 3.18. The Balaban J connectivity index is 1.94. The van der Waals surface area contributed by atoms with Crippen LogP contribution in [-0.2, 0) is 10.0 Å². The summed E-state index contributed by atoms with van der Waals surface area (Å²) >= 11 is 0. The average molecular weight is 379 g/mol. The lowest BCUT2D eigenvalue weighted by Gasteiger charge is -2.18. The van der Waals surface area contributed by atoms with E-state index in [0.717, 1.165) is 12.8 Å². The molecular formula is C18H18FNO5S. The van der Waals surface area contributed by atoms with Crippen molar-refractivity contribution >= 4 is 16.0 Å². The maximum Gasteiger partial charge on any atom is 0.343 e. The largest absolute Gasteiger partial charge is 0.495 e. The molecule has 2 aromatic carbocycles. The van der Waals surface area contributed by atoms with E-state index in [-0.39, 0.29) is 22.0 Å². The number of methoxy groups -OCH3 is 1. The number of esters is 1. The second kappa shape index (κ2) is 7.43. The number of benzene rings is 2. The first-order chi connectivity index (χ1) is 12.4. The monoisotopic (exact) mass is 379 g/mol. The fourth-order valence-corrected chi connectivity index (χ4v) is 4.46. The first-order valence-electron chi connectivity index (χ1n) is 8.08. The Morgan fingerprint density at radius 3 is 2.42 bits per heavy atom. The number of ether oxygens (including phenoxy) is 2. The van der Waals surface area contributed by atoms with E-state index in [0.29, 0.717) is 13.1 Å². The quantitative estimate of drug-likeness (QED) is 0.590. The maximum atomic E-state index is 13.7. The zero-order valence-corrected chi connectivity index (χ0v) is 15.0. The topological polar surface area (TPSA) is 72.9 Å². The smallest absolute Gasteiger partial charge is 0.343 e. The molecule has 6 nitrogen and oxygen atoms in total. The van der Waals surface area contributed by atoms with Crippen molar-refractivity contribution in [1.29, 1.82) is 0 Å². The third kappa shape index (κ3) is 3.56. The molecule has 3 rings (SSSR count). The molecule has 8 heteroatoms. The fourth-order valence-electron chi connectivity index (χ4n) is 2.76. The van der Waals surface area contributed by atoms with Gasteiger partial charge < -0.3 is 9.47 Å². The van der Waals surface area contributed by atoms with E-state index in [2.05, 4.69) is 0 Å². The number of sulfonamides is 1. The number of hydrogen-bond acceptors (Lipinski definition) is 5. The Labute approximate surface area is 151 Å². The van der Waals surface area contributed by atoms with Crippen molar-refractivity contribution in [3.05, 3.63) is 53.8 Å². The van der Waals surface area contributed by atoms with Crippen molar-refractivity contribution in [2.24, 2.45) is 0 Å². The van der Waals surface area contributed by atoms with Gasteiger partial charge in [0.05, 0.1) is 12.7 Å². The Hall–Kier alpha value is -2.45. The molecule has 0 spiro atoms. The predicted molar refractivity (Wildman–Crippen MR) is 92.3 cm³/mol. The highest BCUT2D eigenvalue weighted by Crippen LogP contribution is 2.30. The highest BCUT2D eigenvalue weighted by Gasteiger charge is 2.31. The van der Waals surface area contributed by atoms with Gasteiger partial charge >= 0.3 is 5.97 Å². The van der Waals surface area contributed by atoms with Crippen LogP contribution in [0.1, 0.15) is 23.2 Å². The molecule has 0 amide bonds. The van der Waals surface area contributed by atoms with Crippen LogP contribution in [0, 0.1) is 5.82 Å². The standard InChI is InChI=1S/C18H18FNO5S/c1-24-16-9-8-13(18(21)25-15-7-3-2-6-14(15)19)12-17(16)26(22,23)20-10-4-5-11-20/h2-3,6-9,12H,4-5,10-11H2,1H3. The molecule has 0 aliphatic carbocycles. The Bertz CT molecular complexity index is 923. The van der Waals surface area contributed by atoms with Gasteiger partial charge in [-0.3, -0.25) is 0 Å². The van der Waals surface area contributed by atoms with Gasteiger partial charge in [0.2, 0.25) is 10.0 Å². The minimum absolute atomic E-state index is 0.00757. The van der Waals surface area contributed by atoms with E-state index in [4.69, 9.17) is 9.47 Å². The van der Waals surface area contributed by atoms with Gasteiger partial charge in [0.1, 0.15) is 10.6 Å². The van der Waals surface area contributed by atoms with Crippen LogP contribution in [0.4, 0.5) is 4.39 Å². The van der Waals surface area contributed by atoms with Crippen molar-refractivity contribution < 1.29 is 27.1 Å². The molecule has 0 unspecified atom stereocenters. The fraction of sp³-hybridized carbons (Fsp3) is 0.278. The van der Waals surface area contributed by atoms with Crippen molar-refractivity contribution in [1.82, 2.24) is 4.31 Å². The summed E-state index contributed by atoms with van der Waals surface area (Å²) in [5.74, 6) is -1.62. The third-order valence-corrected chi connectivity index (χ3v) is 6.04. The summed E-state index contributed by atoms with van der Waals surface area (Å²) in [4.78, 5) is 12.2. The van der Waals surface area contributed by atoms with E-state index in [1.165, 1.54) is 53.9 Å². The van der Waals surface area contributed by atoms with Gasteiger partial charge in [-0.1, -0.05) is 12.1 Å². The van der Waals surface area contributed by atoms with Gasteiger partial charge in [0, 0.05) is 13.1 Å². The minimum Gasteiger partial charge on any atom is -0.495 e. The summed E-state index contributed by atoms with van der Waals surface area (Å²) in [6.45, 7) is 0.852. The maximum absolute atomic E-state index is 13.7. The van der Waals surface area contributed by atoms with Crippen molar-refractivity contribution in [2.75, 3.05) is 20.2 Å². The molecule has 0 radical (unpaired) electrons. The number of para-hydroxylation sites is 1. The molecule has 1 aliphatic heterocycles. The van der Waals surface area contributed by atoms with Crippen LogP contribution in [0.5, 0.6) is 11.5 Å². The van der Waals surface area contributed by atoms with Crippen LogP contribution < -0.4 is 9.47 Å². The van der Waals surface area contributed by atoms with Gasteiger partial charge in [-0.2, -0.15) is 4.31 Å². The van der Waals surface area contributed by atoms with E-state index >= 15 is 0 Å². The SMILES string of the molecule is COc1ccc(C(=O)Oc2ccccc2F)cc1S(=O)(=O)N1CCCC1. The van der Waals surface area contributed by atoms with Crippen LogP contribution in [0.3, 0.4) is 0 Å². The molecule has 1 heterocycles. The lowest BCUT2D eigenvalue weighted by molar-refractivity contribution is 0.0727. The van der Waals surface area contributed by atoms with E-state index in [9.17, 15) is 17.6 Å². The molecule has 2 aromatic rings. The van der Waals surface area contributed by atoms with Gasteiger partial charge in [-0.15, -0.1) is 0 Å². The molecule has 0 atom stereocenters. The summed E-state index contributed by atoms with van der Waals surface area (Å²) in [6.07, 6.45) is 1.58. The number of carbonyl (C=O) groups excluding carboxylic acids is 1. The zero-order valence-electron chi connectivity index (χ0n) is 14.1. The normalized spacial score (nSPS) is 15.0. The highest BCUT2D eigenvalue weighted by atomic mass is 32.2. The summed E-state index contributed by atoms with van der Waals surface area (Å²) < 4.78 is 50.9. The van der Waals surface area contributed by atoms with Crippen LogP contribution in [0.2, 0.25) is 0 Å². The molecule has 0 saturated carbocycles. The summed E-state index contributed by atoms with van der Waals surface area (Å²) in [5, 5.41) is 0. The minimum atomic E-state index is -3.79.